The highest BCUT2D eigenvalue weighted by Crippen LogP contribution is 2.29. The molecule has 2 saturated heterocycles. The van der Waals surface area contributed by atoms with E-state index in [1.54, 1.807) is 19.1 Å². The molecule has 14 nitrogen and oxygen atoms in total. The Balaban J connectivity index is 0.000000170. The van der Waals surface area contributed by atoms with Crippen LogP contribution in [0, 0.1) is 22.7 Å². The summed E-state index contributed by atoms with van der Waals surface area (Å²) in [6, 6.07) is 31.7. The van der Waals surface area contributed by atoms with Gasteiger partial charge in [0.05, 0.1) is 29.9 Å². The number of furan rings is 2. The van der Waals surface area contributed by atoms with Crippen LogP contribution in [0.3, 0.4) is 0 Å². The highest BCUT2D eigenvalue weighted by atomic mass is 16.5. The molecule has 14 heteroatoms. The van der Waals surface area contributed by atoms with Gasteiger partial charge in [0.1, 0.15) is 11.2 Å². The zero-order chi connectivity index (χ0) is 47.0. The first-order valence-corrected chi connectivity index (χ1v) is 23.7. The lowest BCUT2D eigenvalue weighted by Crippen LogP contribution is -2.46. The van der Waals surface area contributed by atoms with Gasteiger partial charge in [0.15, 0.2) is 5.76 Å². The van der Waals surface area contributed by atoms with Crippen molar-refractivity contribution < 1.29 is 23.2 Å². The molecule has 0 saturated carbocycles. The van der Waals surface area contributed by atoms with Gasteiger partial charge in [0.25, 0.3) is 5.91 Å². The molecule has 4 N–H and O–H groups in total. The van der Waals surface area contributed by atoms with Crippen molar-refractivity contribution in [3.8, 4) is 12.1 Å². The molecule has 0 bridgehead atoms. The molecule has 0 atom stereocenters. The minimum atomic E-state index is -0.544. The van der Waals surface area contributed by atoms with Gasteiger partial charge in [0, 0.05) is 109 Å². The number of aromatic amines is 2. The number of carbonyl (C=O) groups excluding carboxylic acids is 2. The molecule has 8 aromatic rings. The number of primary amides is 1. The highest BCUT2D eigenvalue weighted by molar-refractivity contribution is 5.96. The summed E-state index contributed by atoms with van der Waals surface area (Å²) in [6.45, 7) is 12.4. The first kappa shape index (κ1) is 45.6. The van der Waals surface area contributed by atoms with Crippen LogP contribution in [0.15, 0.2) is 106 Å². The highest BCUT2D eigenvalue weighted by Gasteiger charge is 2.21. The van der Waals surface area contributed by atoms with E-state index in [1.807, 2.05) is 54.6 Å². The van der Waals surface area contributed by atoms with E-state index >= 15 is 0 Å². The summed E-state index contributed by atoms with van der Waals surface area (Å²) in [6.07, 6.45) is 10.8. The number of carbonyl (C=O) groups is 2. The molecule has 4 aromatic carbocycles. The van der Waals surface area contributed by atoms with Crippen LogP contribution < -0.4 is 15.5 Å². The number of amides is 1. The Morgan fingerprint density at radius 3 is 1.54 bits per heavy atom. The van der Waals surface area contributed by atoms with Crippen LogP contribution in [-0.2, 0) is 17.6 Å². The third-order valence-corrected chi connectivity index (χ3v) is 13.3. The number of unbranched alkanes of at least 4 members (excludes halogenated alkanes) is 2. The fourth-order valence-corrected chi connectivity index (χ4v) is 9.55. The standard InChI is InChI=1S/C28H30N4O3.C26H27N5O2/c1-2-34-28(33)27-17-22-16-23(7-9-26(22)35-27)32-13-11-31(12-14-32)10-4-3-5-21-19-30-25-8-6-20(18-29)15-24(21)25;27-16-18-4-6-23-22(13-18)19(17-29-23)3-1-2-8-30-9-11-31(12-10-30)21-5-7-24-20(14-21)15-25(33-24)26(28)32/h6-9,15-17,19,30H,2-5,10-14H2,1H3;4-7,13-15,17,29H,1-3,8-12H2,(H2,28,32). The minimum Gasteiger partial charge on any atom is -0.460 e. The molecule has 0 spiro atoms. The third-order valence-electron chi connectivity index (χ3n) is 13.3. The van der Waals surface area contributed by atoms with E-state index < -0.39 is 11.9 Å². The second-order valence-corrected chi connectivity index (χ2v) is 17.7. The van der Waals surface area contributed by atoms with Gasteiger partial charge in [-0.05, 0) is 155 Å². The molecule has 6 heterocycles. The summed E-state index contributed by atoms with van der Waals surface area (Å²) in [5.74, 6) is -0.513. The van der Waals surface area contributed by atoms with Crippen molar-refractivity contribution in [2.75, 3.05) is 81.9 Å². The second-order valence-electron chi connectivity index (χ2n) is 17.7. The molecule has 4 aromatic heterocycles. The lowest BCUT2D eigenvalue weighted by Gasteiger charge is -2.36. The average molecular weight is 912 g/mol. The van der Waals surface area contributed by atoms with Gasteiger partial charge in [-0.1, -0.05) is 0 Å². The summed E-state index contributed by atoms with van der Waals surface area (Å²) in [4.78, 5) is 39.8. The number of rotatable bonds is 15. The Labute approximate surface area is 395 Å². The number of anilines is 2. The predicted molar refractivity (Wildman–Crippen MR) is 266 cm³/mol. The minimum absolute atomic E-state index is 0.199. The number of aryl methyl sites for hydroxylation is 2. The van der Waals surface area contributed by atoms with Gasteiger partial charge in [-0.15, -0.1) is 0 Å². The van der Waals surface area contributed by atoms with Gasteiger partial charge < -0.3 is 39.1 Å². The Morgan fingerprint density at radius 1 is 0.618 bits per heavy atom. The number of nitrogens with zero attached hydrogens (tertiary/aromatic N) is 6. The first-order chi connectivity index (χ1) is 33.2. The quantitative estimate of drug-likeness (QED) is 0.0658. The van der Waals surface area contributed by atoms with E-state index in [9.17, 15) is 14.9 Å². The summed E-state index contributed by atoms with van der Waals surface area (Å²) in [7, 11) is 0. The first-order valence-electron chi connectivity index (χ1n) is 23.7. The summed E-state index contributed by atoms with van der Waals surface area (Å²) in [5, 5.41) is 22.5. The number of hydrogen-bond donors (Lipinski definition) is 3. The molecular weight excluding hydrogens is 855 g/mol. The smallest absolute Gasteiger partial charge is 0.374 e. The molecule has 0 aliphatic carbocycles. The number of nitrogens with two attached hydrogens (primary N) is 1. The van der Waals surface area contributed by atoms with E-state index in [0.717, 1.165) is 137 Å². The number of ether oxygens (including phenoxy) is 1. The molecule has 2 fully saturated rings. The van der Waals surface area contributed by atoms with Crippen molar-refractivity contribution in [3.63, 3.8) is 0 Å². The molecule has 2 aliphatic heterocycles. The van der Waals surface area contributed by atoms with E-state index in [4.69, 9.17) is 24.6 Å². The van der Waals surface area contributed by atoms with Gasteiger partial charge >= 0.3 is 5.97 Å². The average Bonchev–Trinajstić information content (AvgIpc) is 4.19. The number of piperazine rings is 2. The number of H-pyrrole nitrogens is 2. The third kappa shape index (κ3) is 10.5. The number of fused-ring (bicyclic) bond motifs is 4. The molecule has 10 rings (SSSR count). The summed E-state index contributed by atoms with van der Waals surface area (Å²) >= 11 is 0. The lowest BCUT2D eigenvalue weighted by atomic mass is 10.1. The maximum Gasteiger partial charge on any atom is 0.374 e. The fourth-order valence-electron chi connectivity index (χ4n) is 9.55. The number of nitriles is 2. The number of benzene rings is 4. The molecule has 348 valence electrons. The Bertz CT molecular complexity index is 3130. The van der Waals surface area contributed by atoms with Crippen molar-refractivity contribution in [2.24, 2.45) is 5.73 Å². The monoisotopic (exact) mass is 911 g/mol. The summed E-state index contributed by atoms with van der Waals surface area (Å²) < 4.78 is 16.2. The number of nitrogens with one attached hydrogen (secondary N) is 2. The Kier molecular flexibility index (Phi) is 14.1. The molecule has 0 unspecified atom stereocenters. The van der Waals surface area contributed by atoms with Crippen molar-refractivity contribution in [2.45, 2.75) is 45.4 Å². The maximum absolute atomic E-state index is 12.0. The van der Waals surface area contributed by atoms with E-state index in [2.05, 4.69) is 72.3 Å². The largest absolute Gasteiger partial charge is 0.460 e. The molecule has 2 aliphatic rings. The van der Waals surface area contributed by atoms with Crippen LogP contribution in [0.1, 0.15) is 76.0 Å². The predicted octanol–water partition coefficient (Wildman–Crippen LogP) is 9.14. The zero-order valence-corrected chi connectivity index (χ0v) is 38.6. The zero-order valence-electron chi connectivity index (χ0n) is 38.6. The van der Waals surface area contributed by atoms with Crippen LogP contribution >= 0.6 is 0 Å². The van der Waals surface area contributed by atoms with Crippen LogP contribution in [0.25, 0.3) is 43.7 Å². The SMILES string of the molecule is CCOC(=O)c1cc2cc(N3CCN(CCCCc4c[nH]c5ccc(C#N)cc45)CC3)ccc2o1.N#Cc1ccc2[nH]cc(CCCCN3CCN(c4ccc5oc(C(N)=O)cc5c4)CC3)c2c1. The molecule has 1 amide bonds. The van der Waals surface area contributed by atoms with Gasteiger partial charge in [-0.25, -0.2) is 4.79 Å². The molecular formula is C54H57N9O5. The van der Waals surface area contributed by atoms with E-state index in [0.29, 0.717) is 28.9 Å². The van der Waals surface area contributed by atoms with Gasteiger partial charge in [0.2, 0.25) is 5.76 Å². The van der Waals surface area contributed by atoms with E-state index in [1.165, 1.54) is 21.9 Å². The van der Waals surface area contributed by atoms with Crippen LogP contribution in [0.4, 0.5) is 11.4 Å². The van der Waals surface area contributed by atoms with Crippen LogP contribution in [0.2, 0.25) is 0 Å². The van der Waals surface area contributed by atoms with Crippen molar-refractivity contribution in [3.05, 3.63) is 131 Å². The normalized spacial score (nSPS) is 14.6. The maximum atomic E-state index is 12.0. The number of esters is 1. The van der Waals surface area contributed by atoms with Crippen molar-refractivity contribution in [1.82, 2.24) is 19.8 Å². The Morgan fingerprint density at radius 2 is 1.09 bits per heavy atom. The van der Waals surface area contributed by atoms with Crippen molar-refractivity contribution >= 4 is 67.0 Å². The van der Waals surface area contributed by atoms with Gasteiger partial charge in [-0.2, -0.15) is 10.5 Å². The van der Waals surface area contributed by atoms with Crippen LogP contribution in [-0.4, -0.2) is 104 Å². The second kappa shape index (κ2) is 21.0. The fraction of sp³-hybridized carbons (Fsp3) is 0.333. The molecule has 0 radical (unpaired) electrons. The van der Waals surface area contributed by atoms with Crippen molar-refractivity contribution in [1.29, 1.82) is 10.5 Å². The lowest BCUT2D eigenvalue weighted by molar-refractivity contribution is 0.0492. The van der Waals surface area contributed by atoms with E-state index in [-0.39, 0.29) is 11.5 Å². The number of hydrogen-bond acceptors (Lipinski definition) is 11. The van der Waals surface area contributed by atoms with Crippen LogP contribution in [0.5, 0.6) is 0 Å². The number of aromatic nitrogens is 2. The molecule has 68 heavy (non-hydrogen) atoms. The Hall–Kier alpha value is -7.52. The van der Waals surface area contributed by atoms with Gasteiger partial charge in [-0.3, -0.25) is 14.6 Å². The topological polar surface area (TPSA) is 188 Å². The summed E-state index contributed by atoms with van der Waals surface area (Å²) in [5.41, 5.74) is 15.2.